The molecule has 2 aliphatic rings. The highest BCUT2D eigenvalue weighted by Gasteiger charge is 2.25. The molecule has 3 heteroatoms. The number of aromatic nitrogens is 1. The number of rotatable bonds is 3. The van der Waals surface area contributed by atoms with Crippen LogP contribution in [0.15, 0.2) is 54.7 Å². The summed E-state index contributed by atoms with van der Waals surface area (Å²) < 4.78 is 0. The van der Waals surface area contributed by atoms with Gasteiger partial charge in [0.2, 0.25) is 0 Å². The molecule has 2 heterocycles. The third kappa shape index (κ3) is 2.93. The summed E-state index contributed by atoms with van der Waals surface area (Å²) in [5.74, 6) is 0.806. The highest BCUT2D eigenvalue weighted by molar-refractivity contribution is 5.83. The van der Waals surface area contributed by atoms with Crippen molar-refractivity contribution in [3.05, 3.63) is 65.9 Å². The lowest BCUT2D eigenvalue weighted by atomic mass is 10.1. The van der Waals surface area contributed by atoms with Crippen LogP contribution in [0.4, 0.5) is 5.69 Å². The number of aromatic amines is 1. The molecule has 2 aromatic carbocycles. The average Bonchev–Trinajstić information content (AvgIpc) is 3.27. The molecular formula is C22H25N3. The minimum Gasteiger partial charge on any atom is -0.369 e. The van der Waals surface area contributed by atoms with Gasteiger partial charge in [0.1, 0.15) is 0 Å². The molecule has 1 saturated heterocycles. The average molecular weight is 331 g/mol. The zero-order chi connectivity index (χ0) is 16.6. The van der Waals surface area contributed by atoms with Crippen LogP contribution in [0.1, 0.15) is 11.1 Å². The molecule has 5 rings (SSSR count). The van der Waals surface area contributed by atoms with E-state index in [0.29, 0.717) is 0 Å². The third-order valence-electron chi connectivity index (χ3n) is 5.93. The Morgan fingerprint density at radius 3 is 2.40 bits per heavy atom. The summed E-state index contributed by atoms with van der Waals surface area (Å²) in [5, 5.41) is 1.31. The van der Waals surface area contributed by atoms with Crippen LogP contribution in [-0.4, -0.2) is 42.6 Å². The van der Waals surface area contributed by atoms with Crippen LogP contribution in [0.25, 0.3) is 10.9 Å². The molecule has 3 nitrogen and oxygen atoms in total. The number of hydrogen-bond acceptors (Lipinski definition) is 2. The number of piperazine rings is 1. The maximum absolute atomic E-state index is 3.28. The highest BCUT2D eigenvalue weighted by atomic mass is 15.3. The van der Waals surface area contributed by atoms with Crippen molar-refractivity contribution in [3.8, 4) is 0 Å². The molecule has 3 aromatic rings. The van der Waals surface area contributed by atoms with Crippen molar-refractivity contribution in [3.63, 3.8) is 0 Å². The summed E-state index contributed by atoms with van der Waals surface area (Å²) in [5.41, 5.74) is 5.74. The molecule has 0 unspecified atom stereocenters. The fourth-order valence-corrected chi connectivity index (χ4v) is 4.57. The number of benzene rings is 2. The molecule has 0 amide bonds. The lowest BCUT2D eigenvalue weighted by molar-refractivity contribution is 0.221. The molecule has 0 saturated carbocycles. The predicted molar refractivity (Wildman–Crippen MR) is 104 cm³/mol. The molecule has 1 N–H and O–H groups in total. The zero-order valence-electron chi connectivity index (χ0n) is 14.6. The van der Waals surface area contributed by atoms with Crippen LogP contribution < -0.4 is 4.90 Å². The SMILES string of the molecule is c1ccc2c(c1)CC(CN1CCN(c3ccc4[nH]ccc4c3)CC1)C2. The Hall–Kier alpha value is -2.26. The highest BCUT2D eigenvalue weighted by Crippen LogP contribution is 2.28. The van der Waals surface area contributed by atoms with E-state index in [-0.39, 0.29) is 0 Å². The first-order valence-electron chi connectivity index (χ1n) is 9.46. The van der Waals surface area contributed by atoms with E-state index in [1.54, 1.807) is 11.1 Å². The van der Waals surface area contributed by atoms with Gasteiger partial charge in [0.05, 0.1) is 0 Å². The standard InChI is InChI=1S/C22H25N3/c1-2-4-19-14-17(13-18(19)3-1)16-24-9-11-25(12-10-24)21-5-6-22-20(15-21)7-8-23-22/h1-8,15,17,23H,9-14,16H2. The molecule has 1 aliphatic carbocycles. The molecule has 0 radical (unpaired) electrons. The number of hydrogen-bond donors (Lipinski definition) is 1. The van der Waals surface area contributed by atoms with Crippen molar-refractivity contribution in [2.24, 2.45) is 5.92 Å². The van der Waals surface area contributed by atoms with Gasteiger partial charge in [-0.1, -0.05) is 24.3 Å². The van der Waals surface area contributed by atoms with E-state index >= 15 is 0 Å². The third-order valence-corrected chi connectivity index (χ3v) is 5.93. The maximum atomic E-state index is 3.28. The Balaban J connectivity index is 1.19. The van der Waals surface area contributed by atoms with Crippen molar-refractivity contribution in [1.29, 1.82) is 0 Å². The zero-order valence-corrected chi connectivity index (χ0v) is 14.6. The van der Waals surface area contributed by atoms with E-state index in [2.05, 4.69) is 63.3 Å². The Bertz CT molecular complexity index is 849. The van der Waals surface area contributed by atoms with Crippen LogP contribution in [-0.2, 0) is 12.8 Å². The largest absolute Gasteiger partial charge is 0.369 e. The maximum Gasteiger partial charge on any atom is 0.0455 e. The summed E-state index contributed by atoms with van der Waals surface area (Å²) >= 11 is 0. The number of nitrogens with zero attached hydrogens (tertiary/aromatic N) is 2. The quantitative estimate of drug-likeness (QED) is 0.790. The van der Waals surface area contributed by atoms with Gasteiger partial charge in [0.25, 0.3) is 0 Å². The Labute approximate surface area is 149 Å². The summed E-state index contributed by atoms with van der Waals surface area (Å²) in [7, 11) is 0. The van der Waals surface area contributed by atoms with Gasteiger partial charge in [-0.3, -0.25) is 4.90 Å². The Kier molecular flexibility index (Phi) is 3.75. The normalized spacial score (nSPS) is 18.8. The van der Waals surface area contributed by atoms with E-state index in [4.69, 9.17) is 0 Å². The predicted octanol–water partition coefficient (Wildman–Crippen LogP) is 3.70. The van der Waals surface area contributed by atoms with Crippen molar-refractivity contribution in [1.82, 2.24) is 9.88 Å². The van der Waals surface area contributed by atoms with Crippen LogP contribution in [0, 0.1) is 5.92 Å². The van der Waals surface area contributed by atoms with E-state index in [0.717, 1.165) is 19.0 Å². The minimum atomic E-state index is 0.806. The molecule has 0 spiro atoms. The number of anilines is 1. The Morgan fingerprint density at radius 2 is 1.64 bits per heavy atom. The minimum absolute atomic E-state index is 0.806. The van der Waals surface area contributed by atoms with Gasteiger partial charge in [-0.05, 0) is 54.2 Å². The second kappa shape index (κ2) is 6.23. The van der Waals surface area contributed by atoms with Gasteiger partial charge in [-0.25, -0.2) is 0 Å². The summed E-state index contributed by atoms with van der Waals surface area (Å²) in [6.07, 6.45) is 4.55. The van der Waals surface area contributed by atoms with Gasteiger partial charge in [-0.2, -0.15) is 0 Å². The van der Waals surface area contributed by atoms with Gasteiger partial charge >= 0.3 is 0 Å². The van der Waals surface area contributed by atoms with Crippen molar-refractivity contribution in [2.45, 2.75) is 12.8 Å². The van der Waals surface area contributed by atoms with E-state index < -0.39 is 0 Å². The summed E-state index contributed by atoms with van der Waals surface area (Å²) in [6, 6.07) is 17.9. The monoisotopic (exact) mass is 331 g/mol. The fraction of sp³-hybridized carbons (Fsp3) is 0.364. The first kappa shape index (κ1) is 15.0. The number of fused-ring (bicyclic) bond motifs is 2. The van der Waals surface area contributed by atoms with E-state index in [1.165, 1.54) is 49.1 Å². The molecule has 0 atom stereocenters. The van der Waals surface area contributed by atoms with Crippen molar-refractivity contribution in [2.75, 3.05) is 37.6 Å². The van der Waals surface area contributed by atoms with Crippen LogP contribution >= 0.6 is 0 Å². The van der Waals surface area contributed by atoms with Crippen molar-refractivity contribution < 1.29 is 0 Å². The number of H-pyrrole nitrogens is 1. The lowest BCUT2D eigenvalue weighted by Gasteiger charge is -2.37. The molecular weight excluding hydrogens is 306 g/mol. The van der Waals surface area contributed by atoms with Gasteiger partial charge < -0.3 is 9.88 Å². The second-order valence-corrected chi connectivity index (χ2v) is 7.58. The smallest absolute Gasteiger partial charge is 0.0455 e. The first-order chi connectivity index (χ1) is 12.3. The van der Waals surface area contributed by atoms with Crippen LogP contribution in [0.2, 0.25) is 0 Å². The second-order valence-electron chi connectivity index (χ2n) is 7.58. The van der Waals surface area contributed by atoms with Crippen LogP contribution in [0.3, 0.4) is 0 Å². The first-order valence-corrected chi connectivity index (χ1v) is 9.46. The molecule has 128 valence electrons. The summed E-state index contributed by atoms with van der Waals surface area (Å²) in [6.45, 7) is 5.88. The van der Waals surface area contributed by atoms with E-state index in [1.807, 2.05) is 6.20 Å². The topological polar surface area (TPSA) is 22.3 Å². The van der Waals surface area contributed by atoms with Crippen LogP contribution in [0.5, 0.6) is 0 Å². The van der Waals surface area contributed by atoms with Gasteiger partial charge in [0, 0.05) is 55.5 Å². The van der Waals surface area contributed by atoms with E-state index in [9.17, 15) is 0 Å². The molecule has 1 aliphatic heterocycles. The lowest BCUT2D eigenvalue weighted by Crippen LogP contribution is -2.47. The molecule has 1 fully saturated rings. The van der Waals surface area contributed by atoms with Crippen molar-refractivity contribution >= 4 is 16.6 Å². The van der Waals surface area contributed by atoms with Gasteiger partial charge in [-0.15, -0.1) is 0 Å². The molecule has 25 heavy (non-hydrogen) atoms. The summed E-state index contributed by atoms with van der Waals surface area (Å²) in [4.78, 5) is 8.48. The fourth-order valence-electron chi connectivity index (χ4n) is 4.57. The Morgan fingerprint density at radius 1 is 0.880 bits per heavy atom. The molecule has 1 aromatic heterocycles. The van der Waals surface area contributed by atoms with Gasteiger partial charge in [0.15, 0.2) is 0 Å². The number of nitrogens with one attached hydrogen (secondary N) is 1. The molecule has 0 bridgehead atoms.